The summed E-state index contributed by atoms with van der Waals surface area (Å²) in [5.74, 6) is 1.83. The maximum atomic E-state index is 12.1. The zero-order chi connectivity index (χ0) is 13.4. The van der Waals surface area contributed by atoms with Crippen molar-refractivity contribution in [2.24, 2.45) is 0 Å². The van der Waals surface area contributed by atoms with E-state index in [0.29, 0.717) is 0 Å². The lowest BCUT2D eigenvalue weighted by Crippen LogP contribution is -2.28. The molecule has 1 amide bonds. The molecule has 1 rings (SSSR count). The van der Waals surface area contributed by atoms with Gasteiger partial charge in [-0.1, -0.05) is 18.1 Å². The number of carbonyl (C=O) groups excluding carboxylic acids is 1. The van der Waals surface area contributed by atoms with E-state index in [-0.39, 0.29) is 24.5 Å². The molecule has 0 aliphatic rings. The summed E-state index contributed by atoms with van der Waals surface area (Å²) in [6.45, 7) is -2.70. The van der Waals surface area contributed by atoms with Gasteiger partial charge in [0.25, 0.3) is 0 Å². The summed E-state index contributed by atoms with van der Waals surface area (Å²) in [5.41, 5.74) is 0.185. The molecule has 0 radical (unpaired) electrons. The molecular formula is C12H12F2N2O2. The number of anilines is 1. The van der Waals surface area contributed by atoms with Crippen LogP contribution in [0.25, 0.3) is 0 Å². The Labute approximate surface area is 103 Å². The first-order chi connectivity index (χ1) is 8.63. The van der Waals surface area contributed by atoms with Gasteiger partial charge in [0.15, 0.2) is 0 Å². The first-order valence-electron chi connectivity index (χ1n) is 5.11. The summed E-state index contributed by atoms with van der Waals surface area (Å²) in [4.78, 5) is 11.4. The van der Waals surface area contributed by atoms with Crippen LogP contribution in [0.15, 0.2) is 24.3 Å². The summed E-state index contributed by atoms with van der Waals surface area (Å²) in [6, 6.07) is 5.94. The van der Waals surface area contributed by atoms with Crippen molar-refractivity contribution in [3.63, 3.8) is 0 Å². The van der Waals surface area contributed by atoms with E-state index in [9.17, 15) is 13.6 Å². The Morgan fingerprint density at radius 3 is 2.83 bits per heavy atom. The van der Waals surface area contributed by atoms with Gasteiger partial charge in [-0.15, -0.1) is 6.42 Å². The van der Waals surface area contributed by atoms with Crippen molar-refractivity contribution in [2.75, 3.05) is 18.4 Å². The van der Waals surface area contributed by atoms with Crippen LogP contribution in [0.4, 0.5) is 14.5 Å². The van der Waals surface area contributed by atoms with E-state index in [2.05, 4.69) is 21.3 Å². The number of alkyl halides is 2. The van der Waals surface area contributed by atoms with Crippen molar-refractivity contribution in [1.82, 2.24) is 5.32 Å². The van der Waals surface area contributed by atoms with Crippen LogP contribution in [0.5, 0.6) is 5.75 Å². The van der Waals surface area contributed by atoms with Crippen molar-refractivity contribution < 1.29 is 18.3 Å². The van der Waals surface area contributed by atoms with Gasteiger partial charge in [-0.25, -0.2) is 0 Å². The number of amides is 1. The van der Waals surface area contributed by atoms with E-state index in [0.717, 1.165) is 0 Å². The normalized spacial score (nSPS) is 9.89. The molecule has 0 saturated carbocycles. The summed E-state index contributed by atoms with van der Waals surface area (Å²) in [5, 5.41) is 5.12. The van der Waals surface area contributed by atoms with Crippen molar-refractivity contribution in [1.29, 1.82) is 0 Å². The number of ether oxygens (including phenoxy) is 1. The monoisotopic (exact) mass is 254 g/mol. The lowest BCUT2D eigenvalue weighted by molar-refractivity contribution is -0.115. The highest BCUT2D eigenvalue weighted by atomic mass is 19.3. The molecule has 0 fully saturated rings. The highest BCUT2D eigenvalue weighted by molar-refractivity contribution is 5.93. The maximum absolute atomic E-state index is 12.1. The van der Waals surface area contributed by atoms with E-state index in [1.54, 1.807) is 6.07 Å². The molecule has 1 aromatic carbocycles. The molecule has 4 nitrogen and oxygen atoms in total. The molecule has 0 saturated heterocycles. The molecule has 0 spiro atoms. The van der Waals surface area contributed by atoms with Crippen molar-refractivity contribution in [3.8, 4) is 18.1 Å². The number of carbonyl (C=O) groups is 1. The number of rotatable bonds is 6. The van der Waals surface area contributed by atoms with E-state index < -0.39 is 12.5 Å². The first kappa shape index (κ1) is 13.9. The molecule has 0 aliphatic carbocycles. The predicted molar refractivity (Wildman–Crippen MR) is 63.4 cm³/mol. The Kier molecular flexibility index (Phi) is 5.61. The Morgan fingerprint density at radius 1 is 1.44 bits per heavy atom. The standard InChI is InChI=1S/C12H12F2N2O2/c1-2-7-15-8-11(17)16-9-5-3-4-6-10(9)18-12(13)14/h1,3-6,12,15H,7-8H2,(H,16,17). The predicted octanol–water partition coefficient (Wildman–Crippen LogP) is 1.45. The number of para-hydroxylation sites is 2. The maximum Gasteiger partial charge on any atom is 0.387 e. The van der Waals surface area contributed by atoms with E-state index in [4.69, 9.17) is 6.42 Å². The van der Waals surface area contributed by atoms with Gasteiger partial charge in [0.05, 0.1) is 18.8 Å². The number of benzene rings is 1. The van der Waals surface area contributed by atoms with Gasteiger partial charge in [-0.3, -0.25) is 10.1 Å². The number of hydrogen-bond acceptors (Lipinski definition) is 3. The van der Waals surface area contributed by atoms with Gasteiger partial charge in [-0.05, 0) is 12.1 Å². The molecule has 0 aromatic heterocycles. The van der Waals surface area contributed by atoms with Gasteiger partial charge in [0.1, 0.15) is 5.75 Å². The highest BCUT2D eigenvalue weighted by Gasteiger charge is 2.10. The van der Waals surface area contributed by atoms with E-state index in [1.165, 1.54) is 18.2 Å². The van der Waals surface area contributed by atoms with Crippen molar-refractivity contribution >= 4 is 11.6 Å². The van der Waals surface area contributed by atoms with Gasteiger partial charge in [0, 0.05) is 0 Å². The Balaban J connectivity index is 2.60. The number of terminal acetylenes is 1. The summed E-state index contributed by atoms with van der Waals surface area (Å²) in [7, 11) is 0. The molecular weight excluding hydrogens is 242 g/mol. The molecule has 96 valence electrons. The van der Waals surface area contributed by atoms with Crippen LogP contribution in [0.3, 0.4) is 0 Å². The topological polar surface area (TPSA) is 50.4 Å². The van der Waals surface area contributed by atoms with Gasteiger partial charge in [-0.2, -0.15) is 8.78 Å². The fourth-order valence-electron chi connectivity index (χ4n) is 1.21. The summed E-state index contributed by atoms with van der Waals surface area (Å²) < 4.78 is 28.5. The second kappa shape index (κ2) is 7.25. The van der Waals surface area contributed by atoms with Crippen molar-refractivity contribution in [2.45, 2.75) is 6.61 Å². The van der Waals surface area contributed by atoms with Crippen LogP contribution in [0, 0.1) is 12.3 Å². The highest BCUT2D eigenvalue weighted by Crippen LogP contribution is 2.25. The first-order valence-corrected chi connectivity index (χ1v) is 5.11. The van der Waals surface area contributed by atoms with Crippen LogP contribution in [-0.2, 0) is 4.79 Å². The van der Waals surface area contributed by atoms with Gasteiger partial charge < -0.3 is 10.1 Å². The molecule has 18 heavy (non-hydrogen) atoms. The molecule has 6 heteroatoms. The molecule has 0 heterocycles. The van der Waals surface area contributed by atoms with Crippen LogP contribution in [0.2, 0.25) is 0 Å². The third-order valence-electron chi connectivity index (χ3n) is 1.89. The Hall–Kier alpha value is -2.13. The lowest BCUT2D eigenvalue weighted by Gasteiger charge is -2.11. The Morgan fingerprint density at radius 2 is 2.17 bits per heavy atom. The largest absolute Gasteiger partial charge is 0.433 e. The fourth-order valence-corrected chi connectivity index (χ4v) is 1.21. The van der Waals surface area contributed by atoms with Crippen LogP contribution < -0.4 is 15.4 Å². The SMILES string of the molecule is C#CCNCC(=O)Nc1ccccc1OC(F)F. The minimum absolute atomic E-state index is 0.00673. The minimum atomic E-state index is -2.94. The number of hydrogen-bond donors (Lipinski definition) is 2. The molecule has 0 bridgehead atoms. The third kappa shape index (κ3) is 4.80. The fraction of sp³-hybridized carbons (Fsp3) is 0.250. The molecule has 1 aromatic rings. The molecule has 0 aliphatic heterocycles. The van der Waals surface area contributed by atoms with E-state index in [1.807, 2.05) is 0 Å². The van der Waals surface area contributed by atoms with Crippen LogP contribution >= 0.6 is 0 Å². The zero-order valence-electron chi connectivity index (χ0n) is 9.45. The van der Waals surface area contributed by atoms with Crippen molar-refractivity contribution in [3.05, 3.63) is 24.3 Å². The van der Waals surface area contributed by atoms with Crippen LogP contribution in [0.1, 0.15) is 0 Å². The van der Waals surface area contributed by atoms with Gasteiger partial charge in [0.2, 0.25) is 5.91 Å². The smallest absolute Gasteiger partial charge is 0.387 e. The Bertz CT molecular complexity index is 444. The number of halogens is 2. The minimum Gasteiger partial charge on any atom is -0.433 e. The second-order valence-corrected chi connectivity index (χ2v) is 3.23. The molecule has 0 atom stereocenters. The van der Waals surface area contributed by atoms with E-state index >= 15 is 0 Å². The second-order valence-electron chi connectivity index (χ2n) is 3.23. The van der Waals surface area contributed by atoms with Gasteiger partial charge >= 0.3 is 6.61 Å². The summed E-state index contributed by atoms with van der Waals surface area (Å²) in [6.07, 6.45) is 5.00. The van der Waals surface area contributed by atoms with Crippen LogP contribution in [-0.4, -0.2) is 25.6 Å². The quantitative estimate of drug-likeness (QED) is 0.596. The number of nitrogens with one attached hydrogen (secondary N) is 2. The third-order valence-corrected chi connectivity index (χ3v) is 1.89. The zero-order valence-corrected chi connectivity index (χ0v) is 9.45. The lowest BCUT2D eigenvalue weighted by atomic mass is 10.3. The molecule has 2 N–H and O–H groups in total. The summed E-state index contributed by atoms with van der Waals surface area (Å²) >= 11 is 0. The average molecular weight is 254 g/mol. The molecule has 0 unspecified atom stereocenters. The average Bonchev–Trinajstić information content (AvgIpc) is 2.31.